The first kappa shape index (κ1) is 17.7. The largest absolute Gasteiger partial charge is 0.457 e. The number of benzene rings is 2. The second-order valence-electron chi connectivity index (χ2n) is 6.04. The minimum Gasteiger partial charge on any atom is -0.457 e. The highest BCUT2D eigenvalue weighted by Crippen LogP contribution is 2.23. The average molecular weight is 377 g/mol. The highest BCUT2D eigenvalue weighted by molar-refractivity contribution is 7.91. The van der Waals surface area contributed by atoms with Gasteiger partial charge in [-0.3, -0.25) is 0 Å². The summed E-state index contributed by atoms with van der Waals surface area (Å²) in [4.78, 5) is 1.83. The molecule has 0 radical (unpaired) electrons. The van der Waals surface area contributed by atoms with E-state index in [1.54, 1.807) is 0 Å². The van der Waals surface area contributed by atoms with E-state index in [0.717, 1.165) is 17.2 Å². The highest BCUT2D eigenvalue weighted by atomic mass is 32.2. The molecule has 1 heterocycles. The predicted octanol–water partition coefficient (Wildman–Crippen LogP) is 3.29. The van der Waals surface area contributed by atoms with Crippen LogP contribution in [-0.2, 0) is 9.84 Å². The number of anilines is 1. The summed E-state index contributed by atoms with van der Waals surface area (Å²) < 4.78 is 29.0. The Labute approximate surface area is 153 Å². The molecule has 1 fully saturated rings. The Kier molecular flexibility index (Phi) is 5.24. The van der Waals surface area contributed by atoms with Crippen LogP contribution in [0.4, 0.5) is 5.69 Å². The third kappa shape index (κ3) is 4.70. The van der Waals surface area contributed by atoms with Crippen molar-refractivity contribution in [3.8, 4) is 11.5 Å². The number of thiocarbonyl (C=S) groups is 1. The Bertz CT molecular complexity index is 836. The van der Waals surface area contributed by atoms with Gasteiger partial charge in [0.15, 0.2) is 14.9 Å². The van der Waals surface area contributed by atoms with Crippen molar-refractivity contribution < 1.29 is 13.2 Å². The van der Waals surface area contributed by atoms with Gasteiger partial charge in [-0.2, -0.15) is 0 Å². The van der Waals surface area contributed by atoms with Crippen LogP contribution in [0, 0.1) is 0 Å². The fourth-order valence-electron chi connectivity index (χ4n) is 2.69. The van der Waals surface area contributed by atoms with Crippen molar-refractivity contribution in [3.05, 3.63) is 54.6 Å². The van der Waals surface area contributed by atoms with Crippen molar-refractivity contribution in [2.75, 3.05) is 23.9 Å². The maximum Gasteiger partial charge on any atom is 0.173 e. The fraction of sp³-hybridized carbons (Fsp3) is 0.278. The molecular weight excluding hydrogens is 356 g/mol. The van der Waals surface area contributed by atoms with E-state index >= 15 is 0 Å². The Balaban J connectivity index is 1.58. The van der Waals surface area contributed by atoms with Crippen molar-refractivity contribution in [1.29, 1.82) is 0 Å². The van der Waals surface area contributed by atoms with E-state index in [-0.39, 0.29) is 17.5 Å². The van der Waals surface area contributed by atoms with Crippen LogP contribution in [0.15, 0.2) is 54.6 Å². The molecule has 0 unspecified atom stereocenters. The van der Waals surface area contributed by atoms with Crippen LogP contribution >= 0.6 is 12.2 Å². The molecule has 2 aromatic carbocycles. The van der Waals surface area contributed by atoms with Crippen molar-refractivity contribution in [1.82, 2.24) is 4.90 Å². The lowest BCUT2D eigenvalue weighted by Gasteiger charge is -2.26. The van der Waals surface area contributed by atoms with E-state index in [4.69, 9.17) is 17.0 Å². The molecular formula is C18H20N2O3S2. The number of para-hydroxylation sites is 1. The lowest BCUT2D eigenvalue weighted by molar-refractivity contribution is 0.402. The molecule has 1 N–H and O–H groups in total. The Morgan fingerprint density at radius 1 is 1.12 bits per heavy atom. The zero-order chi connectivity index (χ0) is 17.9. The lowest BCUT2D eigenvalue weighted by Crippen LogP contribution is -2.40. The quantitative estimate of drug-likeness (QED) is 0.827. The number of nitrogens with zero attached hydrogens (tertiary/aromatic N) is 1. The first-order valence-corrected chi connectivity index (χ1v) is 10.2. The minimum atomic E-state index is -2.93. The van der Waals surface area contributed by atoms with E-state index in [0.29, 0.717) is 11.5 Å². The summed E-state index contributed by atoms with van der Waals surface area (Å²) >= 11 is 5.40. The Morgan fingerprint density at radius 3 is 2.36 bits per heavy atom. The Morgan fingerprint density at radius 2 is 1.76 bits per heavy atom. The number of rotatable bonds is 4. The molecule has 0 aromatic heterocycles. The molecule has 3 rings (SSSR count). The molecule has 1 atom stereocenters. The summed E-state index contributed by atoms with van der Waals surface area (Å²) in [7, 11) is -1.10. The van der Waals surface area contributed by atoms with Crippen LogP contribution in [0.3, 0.4) is 0 Å². The lowest BCUT2D eigenvalue weighted by atomic mass is 10.2. The van der Waals surface area contributed by atoms with Crippen LogP contribution in [-0.4, -0.2) is 43.0 Å². The topological polar surface area (TPSA) is 58.6 Å². The number of hydrogen-bond acceptors (Lipinski definition) is 4. The predicted molar refractivity (Wildman–Crippen MR) is 104 cm³/mol. The van der Waals surface area contributed by atoms with Gasteiger partial charge in [0.2, 0.25) is 0 Å². The SMILES string of the molecule is CN(C(=S)Nc1ccc(Oc2ccccc2)cc1)[C@H]1CCS(=O)(=O)C1. The van der Waals surface area contributed by atoms with E-state index in [1.165, 1.54) is 0 Å². The standard InChI is InChI=1S/C18H20N2O3S2/c1-20(15-11-12-25(21,22)13-15)18(24)19-14-7-9-17(10-8-14)23-16-5-3-2-4-6-16/h2-10,15H,11-13H2,1H3,(H,19,24)/t15-/m0/s1. The van der Waals surface area contributed by atoms with Crippen molar-refractivity contribution in [2.45, 2.75) is 12.5 Å². The molecule has 1 aliphatic rings. The molecule has 0 saturated carbocycles. The molecule has 25 heavy (non-hydrogen) atoms. The van der Waals surface area contributed by atoms with Gasteiger partial charge in [0.05, 0.1) is 11.5 Å². The minimum absolute atomic E-state index is 0.0642. The van der Waals surface area contributed by atoms with E-state index in [2.05, 4.69) is 5.32 Å². The summed E-state index contributed by atoms with van der Waals surface area (Å²) in [6.07, 6.45) is 0.616. The number of sulfone groups is 1. The number of ether oxygens (including phenoxy) is 1. The third-order valence-corrected chi connectivity index (χ3v) is 6.30. The summed E-state index contributed by atoms with van der Waals surface area (Å²) in [6, 6.07) is 17.0. The summed E-state index contributed by atoms with van der Waals surface area (Å²) in [5.41, 5.74) is 0.832. The van der Waals surface area contributed by atoms with Gasteiger partial charge in [-0.25, -0.2) is 8.42 Å². The number of hydrogen-bond donors (Lipinski definition) is 1. The van der Waals surface area contributed by atoms with Crippen molar-refractivity contribution in [2.24, 2.45) is 0 Å². The van der Waals surface area contributed by atoms with Crippen molar-refractivity contribution in [3.63, 3.8) is 0 Å². The van der Waals surface area contributed by atoms with Crippen LogP contribution in [0.25, 0.3) is 0 Å². The first-order valence-electron chi connectivity index (χ1n) is 8.00. The van der Waals surface area contributed by atoms with Gasteiger partial charge in [0.25, 0.3) is 0 Å². The normalized spacial score (nSPS) is 18.5. The fourth-order valence-corrected chi connectivity index (χ4v) is 4.73. The molecule has 0 aliphatic carbocycles. The Hall–Kier alpha value is -2.12. The van der Waals surface area contributed by atoms with E-state index in [9.17, 15) is 8.42 Å². The van der Waals surface area contributed by atoms with E-state index in [1.807, 2.05) is 66.5 Å². The molecule has 0 bridgehead atoms. The van der Waals surface area contributed by atoms with Gasteiger partial charge in [0.1, 0.15) is 11.5 Å². The monoisotopic (exact) mass is 376 g/mol. The van der Waals surface area contributed by atoms with Crippen LogP contribution in [0.2, 0.25) is 0 Å². The first-order chi connectivity index (χ1) is 11.9. The third-order valence-electron chi connectivity index (χ3n) is 4.16. The smallest absolute Gasteiger partial charge is 0.173 e. The second kappa shape index (κ2) is 7.41. The molecule has 0 spiro atoms. The molecule has 2 aromatic rings. The van der Waals surface area contributed by atoms with Crippen molar-refractivity contribution >= 4 is 32.9 Å². The van der Waals surface area contributed by atoms with Crippen LogP contribution < -0.4 is 10.1 Å². The molecule has 1 aliphatic heterocycles. The van der Waals surface area contributed by atoms with Crippen LogP contribution in [0.5, 0.6) is 11.5 Å². The highest BCUT2D eigenvalue weighted by Gasteiger charge is 2.31. The summed E-state index contributed by atoms with van der Waals surface area (Å²) in [5.74, 6) is 1.91. The van der Waals surface area contributed by atoms with Gasteiger partial charge < -0.3 is 15.0 Å². The molecule has 1 saturated heterocycles. The molecule has 5 nitrogen and oxygen atoms in total. The zero-order valence-corrected chi connectivity index (χ0v) is 15.5. The van der Waals surface area contributed by atoms with E-state index < -0.39 is 9.84 Å². The van der Waals surface area contributed by atoms with Gasteiger partial charge in [-0.1, -0.05) is 18.2 Å². The second-order valence-corrected chi connectivity index (χ2v) is 8.65. The maximum atomic E-state index is 11.6. The maximum absolute atomic E-state index is 11.6. The zero-order valence-electron chi connectivity index (χ0n) is 13.9. The molecule has 7 heteroatoms. The van der Waals surface area contributed by atoms with Gasteiger partial charge in [-0.05, 0) is 55.0 Å². The van der Waals surface area contributed by atoms with Gasteiger partial charge >= 0.3 is 0 Å². The van der Waals surface area contributed by atoms with Gasteiger partial charge in [-0.15, -0.1) is 0 Å². The van der Waals surface area contributed by atoms with Crippen LogP contribution in [0.1, 0.15) is 6.42 Å². The van der Waals surface area contributed by atoms with Gasteiger partial charge in [0, 0.05) is 18.8 Å². The average Bonchev–Trinajstić information content (AvgIpc) is 2.97. The summed E-state index contributed by atoms with van der Waals surface area (Å²) in [6.45, 7) is 0. The molecule has 0 amide bonds. The number of nitrogens with one attached hydrogen (secondary N) is 1. The molecule has 132 valence electrons. The summed E-state index contributed by atoms with van der Waals surface area (Å²) in [5, 5.41) is 3.66.